The number of aliphatic imine (C=N–C) groups is 1. The highest BCUT2D eigenvalue weighted by atomic mass is 16.5. The maximum absolute atomic E-state index is 6.08. The summed E-state index contributed by atoms with van der Waals surface area (Å²) in [6, 6.07) is 8.12. The van der Waals surface area contributed by atoms with Crippen molar-refractivity contribution in [3.8, 4) is 5.75 Å². The van der Waals surface area contributed by atoms with Gasteiger partial charge in [-0.3, -0.25) is 4.90 Å². The number of aromatic nitrogens is 3. The number of aryl methyl sites for hydroxylation is 1. The molecular weight excluding hydrogens is 394 g/mol. The Hall–Kier alpha value is -2.65. The van der Waals surface area contributed by atoms with Gasteiger partial charge in [0.25, 0.3) is 0 Å². The van der Waals surface area contributed by atoms with Crippen LogP contribution in [-0.2, 0) is 24.2 Å². The molecule has 1 aliphatic heterocycles. The Balaban J connectivity index is 1.51. The van der Waals surface area contributed by atoms with Gasteiger partial charge in [-0.1, -0.05) is 25.1 Å². The Morgan fingerprint density at radius 1 is 1.16 bits per heavy atom. The third-order valence-corrected chi connectivity index (χ3v) is 5.15. The molecule has 1 fully saturated rings. The number of morpholine rings is 1. The van der Waals surface area contributed by atoms with Crippen LogP contribution in [-0.4, -0.2) is 78.2 Å². The molecule has 1 aromatic carbocycles. The minimum Gasteiger partial charge on any atom is -0.492 e. The lowest BCUT2D eigenvalue weighted by Crippen LogP contribution is -2.39. The molecule has 0 saturated carbocycles. The van der Waals surface area contributed by atoms with E-state index in [9.17, 15) is 0 Å². The number of guanidine groups is 1. The molecule has 0 amide bonds. The zero-order chi connectivity index (χ0) is 21.7. The van der Waals surface area contributed by atoms with Crippen LogP contribution >= 0.6 is 0 Å². The number of hydrogen-bond acceptors (Lipinski definition) is 6. The van der Waals surface area contributed by atoms with Crippen LogP contribution in [0.5, 0.6) is 5.75 Å². The van der Waals surface area contributed by atoms with Crippen molar-refractivity contribution < 1.29 is 9.47 Å². The first-order valence-electron chi connectivity index (χ1n) is 11.2. The fourth-order valence-corrected chi connectivity index (χ4v) is 3.42. The topological polar surface area (TPSA) is 88.8 Å². The predicted molar refractivity (Wildman–Crippen MR) is 121 cm³/mol. The summed E-state index contributed by atoms with van der Waals surface area (Å²) in [6.45, 7) is 12.2. The number of benzene rings is 1. The summed E-state index contributed by atoms with van der Waals surface area (Å²) in [5.74, 6) is 2.68. The van der Waals surface area contributed by atoms with Gasteiger partial charge in [0.2, 0.25) is 0 Å². The Bertz CT molecular complexity index is 803. The zero-order valence-corrected chi connectivity index (χ0v) is 18.7. The summed E-state index contributed by atoms with van der Waals surface area (Å²) in [5.41, 5.74) is 1.08. The average Bonchev–Trinajstić information content (AvgIpc) is 3.26. The first-order chi connectivity index (χ1) is 15.3. The van der Waals surface area contributed by atoms with Crippen LogP contribution in [0.4, 0.5) is 0 Å². The van der Waals surface area contributed by atoms with E-state index in [1.54, 1.807) is 6.33 Å². The van der Waals surface area contributed by atoms with E-state index < -0.39 is 0 Å². The first kappa shape index (κ1) is 23.0. The second-order valence-electron chi connectivity index (χ2n) is 7.33. The van der Waals surface area contributed by atoms with E-state index in [-0.39, 0.29) is 0 Å². The number of rotatable bonds is 11. The standard InChI is InChI=1S/C22H35N7O2/c1-3-21-27-26-18-29(21)10-9-24-22(23-4-2)25-17-19-7-5-6-8-20(19)31-16-13-28-11-14-30-15-12-28/h5-8,18H,3-4,9-17H2,1-2H3,(H2,23,24,25). The molecule has 9 heteroatoms. The third-order valence-electron chi connectivity index (χ3n) is 5.15. The summed E-state index contributed by atoms with van der Waals surface area (Å²) >= 11 is 0. The number of ether oxygens (including phenoxy) is 2. The molecule has 2 aromatic rings. The lowest BCUT2D eigenvalue weighted by molar-refractivity contribution is 0.0322. The lowest BCUT2D eigenvalue weighted by Gasteiger charge is -2.26. The molecule has 0 bridgehead atoms. The second kappa shape index (κ2) is 12.9. The van der Waals surface area contributed by atoms with E-state index in [4.69, 9.17) is 14.5 Å². The summed E-state index contributed by atoms with van der Waals surface area (Å²) in [5, 5.41) is 14.8. The second-order valence-corrected chi connectivity index (χ2v) is 7.33. The maximum Gasteiger partial charge on any atom is 0.191 e. The Morgan fingerprint density at radius 2 is 2.00 bits per heavy atom. The maximum atomic E-state index is 6.08. The summed E-state index contributed by atoms with van der Waals surface area (Å²) in [7, 11) is 0. The Morgan fingerprint density at radius 3 is 2.81 bits per heavy atom. The smallest absolute Gasteiger partial charge is 0.191 e. The molecule has 9 nitrogen and oxygen atoms in total. The molecule has 0 spiro atoms. The monoisotopic (exact) mass is 429 g/mol. The van der Waals surface area contributed by atoms with Gasteiger partial charge in [0.05, 0.1) is 19.8 Å². The molecule has 2 heterocycles. The van der Waals surface area contributed by atoms with E-state index in [1.165, 1.54) is 0 Å². The van der Waals surface area contributed by atoms with Crippen molar-refractivity contribution in [2.75, 3.05) is 52.5 Å². The fraction of sp³-hybridized carbons (Fsp3) is 0.591. The highest BCUT2D eigenvalue weighted by Gasteiger charge is 2.10. The van der Waals surface area contributed by atoms with Gasteiger partial charge in [-0.2, -0.15) is 0 Å². The Labute approximate surface area is 184 Å². The van der Waals surface area contributed by atoms with E-state index in [1.807, 2.05) is 18.2 Å². The third kappa shape index (κ3) is 7.52. The predicted octanol–water partition coefficient (Wildman–Crippen LogP) is 1.31. The van der Waals surface area contributed by atoms with Crippen LogP contribution in [0.3, 0.4) is 0 Å². The van der Waals surface area contributed by atoms with Gasteiger partial charge >= 0.3 is 0 Å². The molecule has 0 unspecified atom stereocenters. The summed E-state index contributed by atoms with van der Waals surface area (Å²) < 4.78 is 13.5. The van der Waals surface area contributed by atoms with Gasteiger partial charge in [0.15, 0.2) is 5.96 Å². The summed E-state index contributed by atoms with van der Waals surface area (Å²) in [4.78, 5) is 7.12. The van der Waals surface area contributed by atoms with E-state index in [0.717, 1.165) is 82.0 Å². The summed E-state index contributed by atoms with van der Waals surface area (Å²) in [6.07, 6.45) is 2.64. The Kier molecular flexibility index (Phi) is 9.59. The van der Waals surface area contributed by atoms with Crippen LogP contribution in [0.2, 0.25) is 0 Å². The van der Waals surface area contributed by atoms with Crippen molar-refractivity contribution in [1.82, 2.24) is 30.3 Å². The number of hydrogen-bond donors (Lipinski definition) is 2. The van der Waals surface area contributed by atoms with E-state index >= 15 is 0 Å². The lowest BCUT2D eigenvalue weighted by atomic mass is 10.2. The van der Waals surface area contributed by atoms with Crippen molar-refractivity contribution in [2.24, 2.45) is 4.99 Å². The zero-order valence-electron chi connectivity index (χ0n) is 18.7. The van der Waals surface area contributed by atoms with Crippen molar-refractivity contribution in [3.63, 3.8) is 0 Å². The van der Waals surface area contributed by atoms with Crippen LogP contribution in [0.15, 0.2) is 35.6 Å². The highest BCUT2D eigenvalue weighted by molar-refractivity contribution is 5.79. The minimum absolute atomic E-state index is 0.551. The quantitative estimate of drug-likeness (QED) is 0.411. The molecule has 0 radical (unpaired) electrons. The van der Waals surface area contributed by atoms with E-state index in [2.05, 4.69) is 50.2 Å². The molecule has 1 saturated heterocycles. The molecule has 1 aliphatic rings. The van der Waals surface area contributed by atoms with Gasteiger partial charge in [0.1, 0.15) is 24.5 Å². The molecule has 2 N–H and O–H groups in total. The van der Waals surface area contributed by atoms with Crippen molar-refractivity contribution in [3.05, 3.63) is 42.0 Å². The van der Waals surface area contributed by atoms with Crippen molar-refractivity contribution >= 4 is 5.96 Å². The molecule has 3 rings (SSSR count). The molecule has 170 valence electrons. The molecule has 0 aliphatic carbocycles. The molecular formula is C22H35N7O2. The largest absolute Gasteiger partial charge is 0.492 e. The fourth-order valence-electron chi connectivity index (χ4n) is 3.42. The van der Waals surface area contributed by atoms with Crippen LogP contribution in [0.25, 0.3) is 0 Å². The highest BCUT2D eigenvalue weighted by Crippen LogP contribution is 2.19. The van der Waals surface area contributed by atoms with E-state index in [0.29, 0.717) is 13.2 Å². The molecule has 1 aromatic heterocycles. The van der Waals surface area contributed by atoms with Crippen LogP contribution in [0, 0.1) is 0 Å². The number of nitrogens with zero attached hydrogens (tertiary/aromatic N) is 5. The number of nitrogens with one attached hydrogen (secondary N) is 2. The molecule has 31 heavy (non-hydrogen) atoms. The van der Waals surface area contributed by atoms with Crippen LogP contribution < -0.4 is 15.4 Å². The van der Waals surface area contributed by atoms with Gasteiger partial charge in [-0.25, -0.2) is 4.99 Å². The SMILES string of the molecule is CCNC(=NCc1ccccc1OCCN1CCOCC1)NCCn1cnnc1CC. The average molecular weight is 430 g/mol. The van der Waals surface area contributed by atoms with Gasteiger partial charge in [-0.15, -0.1) is 10.2 Å². The van der Waals surface area contributed by atoms with Crippen molar-refractivity contribution in [2.45, 2.75) is 33.4 Å². The van der Waals surface area contributed by atoms with Gasteiger partial charge in [0, 0.05) is 51.3 Å². The van der Waals surface area contributed by atoms with Gasteiger partial charge in [-0.05, 0) is 13.0 Å². The number of para-hydroxylation sites is 1. The van der Waals surface area contributed by atoms with Crippen LogP contribution in [0.1, 0.15) is 25.2 Å². The first-order valence-corrected chi connectivity index (χ1v) is 11.2. The minimum atomic E-state index is 0.551. The van der Waals surface area contributed by atoms with Gasteiger partial charge < -0.3 is 24.7 Å². The van der Waals surface area contributed by atoms with Crippen molar-refractivity contribution in [1.29, 1.82) is 0 Å². The molecule has 0 atom stereocenters. The normalized spacial score (nSPS) is 15.1.